The van der Waals surface area contributed by atoms with Crippen LogP contribution in [0, 0.1) is 5.82 Å². The van der Waals surface area contributed by atoms with Crippen molar-refractivity contribution < 1.29 is 8.78 Å². The summed E-state index contributed by atoms with van der Waals surface area (Å²) in [5, 5.41) is 6.99. The molecule has 0 aliphatic rings. The first-order valence-corrected chi connectivity index (χ1v) is 8.69. The highest BCUT2D eigenvalue weighted by atomic mass is 79.9. The van der Waals surface area contributed by atoms with E-state index in [4.69, 9.17) is 11.6 Å². The normalized spacial score (nSPS) is 12.5. The second-order valence-corrected chi connectivity index (χ2v) is 6.54. The molecule has 0 radical (unpaired) electrons. The smallest absolute Gasteiger partial charge is 0.243 e. The van der Waals surface area contributed by atoms with Crippen LogP contribution in [0.2, 0.25) is 5.28 Å². The van der Waals surface area contributed by atoms with Crippen LogP contribution < -0.4 is 5.32 Å². The molecule has 3 aromatic heterocycles. The van der Waals surface area contributed by atoms with Gasteiger partial charge >= 0.3 is 0 Å². The summed E-state index contributed by atoms with van der Waals surface area (Å²) in [6.07, 6.45) is 2.44. The highest BCUT2D eigenvalue weighted by Crippen LogP contribution is 2.31. The molecule has 0 saturated heterocycles. The third kappa shape index (κ3) is 3.87. The number of aromatic nitrogens is 5. The predicted molar refractivity (Wildman–Crippen MR) is 93.9 cm³/mol. The molecule has 0 aliphatic heterocycles. The summed E-state index contributed by atoms with van der Waals surface area (Å²) < 4.78 is 29.8. The molecule has 0 fully saturated rings. The van der Waals surface area contributed by atoms with Crippen LogP contribution in [-0.2, 0) is 13.0 Å². The predicted octanol–water partition coefficient (Wildman–Crippen LogP) is 3.98. The molecule has 3 heterocycles. The van der Waals surface area contributed by atoms with Crippen LogP contribution in [0.3, 0.4) is 0 Å². The Morgan fingerprint density at radius 1 is 1.44 bits per heavy atom. The van der Waals surface area contributed by atoms with Crippen molar-refractivity contribution in [2.24, 2.45) is 0 Å². The molecule has 0 aromatic carbocycles. The van der Waals surface area contributed by atoms with Gasteiger partial charge in [0, 0.05) is 11.8 Å². The number of nitrogens with zero attached hydrogens (tertiary/aromatic N) is 5. The van der Waals surface area contributed by atoms with E-state index in [1.165, 1.54) is 17.8 Å². The average Bonchev–Trinajstić information content (AvgIpc) is 2.82. The van der Waals surface area contributed by atoms with Crippen molar-refractivity contribution in [2.75, 3.05) is 5.32 Å². The minimum absolute atomic E-state index is 0.0428. The van der Waals surface area contributed by atoms with Gasteiger partial charge < -0.3 is 5.32 Å². The van der Waals surface area contributed by atoms with Crippen LogP contribution in [-0.4, -0.2) is 30.7 Å². The molecule has 25 heavy (non-hydrogen) atoms. The van der Waals surface area contributed by atoms with Crippen LogP contribution in [0.5, 0.6) is 0 Å². The van der Waals surface area contributed by atoms with Gasteiger partial charge in [0.25, 0.3) is 0 Å². The first-order chi connectivity index (χ1) is 12.0. The number of hydrogen-bond donors (Lipinski definition) is 1. The lowest BCUT2D eigenvalue weighted by Crippen LogP contribution is -2.07. The zero-order chi connectivity index (χ0) is 18.0. The van der Waals surface area contributed by atoms with Gasteiger partial charge in [-0.25, -0.2) is 23.3 Å². The Balaban J connectivity index is 1.99. The zero-order valence-electron chi connectivity index (χ0n) is 13.2. The Bertz CT molecular complexity index is 887. The molecule has 3 rings (SSSR count). The van der Waals surface area contributed by atoms with Gasteiger partial charge in [0.2, 0.25) is 5.28 Å². The van der Waals surface area contributed by atoms with Crippen molar-refractivity contribution in [3.05, 3.63) is 45.6 Å². The Morgan fingerprint density at radius 3 is 2.92 bits per heavy atom. The molecule has 6 nitrogen and oxygen atoms in total. The molecule has 0 aliphatic carbocycles. The van der Waals surface area contributed by atoms with E-state index in [-0.39, 0.29) is 29.5 Å². The van der Waals surface area contributed by atoms with E-state index in [0.29, 0.717) is 22.4 Å². The molecule has 1 unspecified atom stereocenters. The van der Waals surface area contributed by atoms with Crippen molar-refractivity contribution in [3.63, 3.8) is 0 Å². The summed E-state index contributed by atoms with van der Waals surface area (Å²) in [6.45, 7) is 1.75. The monoisotopic (exact) mass is 430 g/mol. The molecule has 0 spiro atoms. The molecule has 1 atom stereocenters. The van der Waals surface area contributed by atoms with Crippen LogP contribution >= 0.6 is 27.5 Å². The topological polar surface area (TPSA) is 68.0 Å². The molecule has 1 N–H and O–H groups in total. The Kier molecular flexibility index (Phi) is 5.43. The number of nitrogens with one attached hydrogen (secondary N) is 1. The molecular formula is C15H14BrClF2N6. The van der Waals surface area contributed by atoms with E-state index in [1.807, 2.05) is 0 Å². The fourth-order valence-electron chi connectivity index (χ4n) is 2.38. The standard InChI is InChI=1S/C15H14BrClF2N6/c1-8(18)2-3-10-11(19)12-14(21-6-9-4-5-20-7-22-9)23-15(17)24-25(12)13(10)16/h4-5,7-8H,2-3,6H2,1H3,(H,21,23,24). The molecule has 0 bridgehead atoms. The SMILES string of the molecule is CC(F)CCc1c(F)c2c(NCc3ccncn3)nc(Cl)nn2c1Br. The van der Waals surface area contributed by atoms with Gasteiger partial charge in [-0.15, -0.1) is 5.10 Å². The summed E-state index contributed by atoms with van der Waals surface area (Å²) >= 11 is 9.28. The van der Waals surface area contributed by atoms with E-state index < -0.39 is 12.0 Å². The first-order valence-electron chi connectivity index (χ1n) is 7.52. The fourth-order valence-corrected chi connectivity index (χ4v) is 3.17. The second-order valence-electron chi connectivity index (χ2n) is 5.45. The van der Waals surface area contributed by atoms with Gasteiger partial charge in [-0.1, -0.05) is 0 Å². The lowest BCUT2D eigenvalue weighted by Gasteiger charge is -2.07. The largest absolute Gasteiger partial charge is 0.362 e. The Morgan fingerprint density at radius 2 is 2.24 bits per heavy atom. The number of hydrogen-bond acceptors (Lipinski definition) is 5. The van der Waals surface area contributed by atoms with Gasteiger partial charge in [-0.05, 0) is 53.4 Å². The number of alkyl halides is 1. The minimum Gasteiger partial charge on any atom is -0.362 e. The maximum Gasteiger partial charge on any atom is 0.243 e. The molecular weight excluding hydrogens is 418 g/mol. The molecule has 132 valence electrons. The second kappa shape index (κ2) is 7.57. The van der Waals surface area contributed by atoms with Crippen LogP contribution in [0.1, 0.15) is 24.6 Å². The third-order valence-corrected chi connectivity index (χ3v) is 4.58. The maximum absolute atomic E-state index is 14.9. The number of halogens is 4. The van der Waals surface area contributed by atoms with Gasteiger partial charge in [-0.3, -0.25) is 0 Å². The number of anilines is 1. The van der Waals surface area contributed by atoms with Crippen molar-refractivity contribution >= 4 is 38.9 Å². The summed E-state index contributed by atoms with van der Waals surface area (Å²) in [4.78, 5) is 12.0. The van der Waals surface area contributed by atoms with Crippen LogP contribution in [0.15, 0.2) is 23.2 Å². The van der Waals surface area contributed by atoms with Gasteiger partial charge in [0.1, 0.15) is 16.4 Å². The van der Waals surface area contributed by atoms with Crippen molar-refractivity contribution in [2.45, 2.75) is 32.5 Å². The van der Waals surface area contributed by atoms with E-state index in [0.717, 1.165) is 0 Å². The lowest BCUT2D eigenvalue weighted by molar-refractivity contribution is 0.340. The van der Waals surface area contributed by atoms with E-state index in [1.54, 1.807) is 12.3 Å². The highest BCUT2D eigenvalue weighted by Gasteiger charge is 2.22. The van der Waals surface area contributed by atoms with Gasteiger partial charge in [-0.2, -0.15) is 4.98 Å². The van der Waals surface area contributed by atoms with E-state index in [2.05, 4.69) is 41.3 Å². The zero-order valence-corrected chi connectivity index (χ0v) is 15.5. The van der Waals surface area contributed by atoms with Crippen molar-refractivity contribution in [1.82, 2.24) is 24.6 Å². The van der Waals surface area contributed by atoms with Crippen molar-refractivity contribution in [3.8, 4) is 0 Å². The quantitative estimate of drug-likeness (QED) is 0.639. The van der Waals surface area contributed by atoms with Gasteiger partial charge in [0.15, 0.2) is 11.6 Å². The van der Waals surface area contributed by atoms with Gasteiger partial charge in [0.05, 0.1) is 18.4 Å². The molecule has 0 amide bonds. The minimum atomic E-state index is -1.03. The highest BCUT2D eigenvalue weighted by molar-refractivity contribution is 9.10. The maximum atomic E-state index is 14.9. The Hall–Kier alpha value is -1.87. The third-order valence-electron chi connectivity index (χ3n) is 3.60. The molecule has 10 heteroatoms. The van der Waals surface area contributed by atoms with Crippen LogP contribution in [0.25, 0.3) is 5.52 Å². The van der Waals surface area contributed by atoms with Crippen LogP contribution in [0.4, 0.5) is 14.6 Å². The lowest BCUT2D eigenvalue weighted by atomic mass is 10.1. The average molecular weight is 432 g/mol. The Labute approximate surface area is 155 Å². The fraction of sp³-hybridized carbons (Fsp3) is 0.333. The van der Waals surface area contributed by atoms with E-state index in [9.17, 15) is 8.78 Å². The summed E-state index contributed by atoms with van der Waals surface area (Å²) in [5.41, 5.74) is 1.19. The summed E-state index contributed by atoms with van der Waals surface area (Å²) in [7, 11) is 0. The summed E-state index contributed by atoms with van der Waals surface area (Å²) in [5.74, 6) is -0.272. The molecule has 0 saturated carbocycles. The van der Waals surface area contributed by atoms with E-state index >= 15 is 0 Å². The molecule has 3 aromatic rings. The first kappa shape index (κ1) is 17.9. The van der Waals surface area contributed by atoms with Crippen molar-refractivity contribution in [1.29, 1.82) is 0 Å². The number of rotatable bonds is 6. The number of fused-ring (bicyclic) bond motifs is 1. The summed E-state index contributed by atoms with van der Waals surface area (Å²) in [6, 6.07) is 1.73.